The molecule has 0 unspecified atom stereocenters. The Morgan fingerprint density at radius 2 is 1.46 bits per heavy atom. The minimum atomic E-state index is -4.81. The van der Waals surface area contributed by atoms with Gasteiger partial charge >= 0.3 is 6.18 Å². The number of carbonyl (C=O) groups excluding carboxylic acids is 1. The standard InChI is InChI=1S/C20H29F4NO/c1-2-3-4-5-6-7-8-9-10-11-15-25-19(26)16-13-12-14-17(18(16)21)20(22,23)24/h12-14H,2-11,15H2,1H3,(H,25,26). The van der Waals surface area contributed by atoms with Crippen molar-refractivity contribution in [3.8, 4) is 0 Å². The van der Waals surface area contributed by atoms with Gasteiger partial charge in [0.15, 0.2) is 0 Å². The van der Waals surface area contributed by atoms with Crippen LogP contribution in [0.25, 0.3) is 0 Å². The van der Waals surface area contributed by atoms with Gasteiger partial charge in [0, 0.05) is 6.54 Å². The number of amides is 1. The van der Waals surface area contributed by atoms with Crippen molar-refractivity contribution in [1.82, 2.24) is 5.32 Å². The minimum absolute atomic E-state index is 0.338. The molecule has 1 N–H and O–H groups in total. The van der Waals surface area contributed by atoms with Crippen LogP contribution in [0.15, 0.2) is 18.2 Å². The van der Waals surface area contributed by atoms with Crippen LogP contribution in [0.1, 0.15) is 87.1 Å². The van der Waals surface area contributed by atoms with E-state index >= 15 is 0 Å². The van der Waals surface area contributed by atoms with E-state index in [0.29, 0.717) is 12.6 Å². The predicted molar refractivity (Wildman–Crippen MR) is 95.6 cm³/mol. The second-order valence-electron chi connectivity index (χ2n) is 6.60. The first-order valence-electron chi connectivity index (χ1n) is 9.51. The maximum Gasteiger partial charge on any atom is 0.419 e. The first-order chi connectivity index (χ1) is 12.4. The number of unbranched alkanes of at least 4 members (excludes halogenated alkanes) is 9. The Morgan fingerprint density at radius 3 is 2.00 bits per heavy atom. The van der Waals surface area contributed by atoms with E-state index in [0.717, 1.165) is 37.8 Å². The largest absolute Gasteiger partial charge is 0.419 e. The summed E-state index contributed by atoms with van der Waals surface area (Å²) in [7, 11) is 0. The van der Waals surface area contributed by atoms with Crippen LogP contribution in [0, 0.1) is 5.82 Å². The van der Waals surface area contributed by atoms with Crippen LogP contribution < -0.4 is 5.32 Å². The fourth-order valence-electron chi connectivity index (χ4n) is 2.84. The van der Waals surface area contributed by atoms with Crippen molar-refractivity contribution in [1.29, 1.82) is 0 Å². The van der Waals surface area contributed by atoms with E-state index in [9.17, 15) is 22.4 Å². The average Bonchev–Trinajstić information content (AvgIpc) is 2.58. The Labute approximate surface area is 153 Å². The molecule has 0 fully saturated rings. The molecule has 0 saturated carbocycles. The van der Waals surface area contributed by atoms with Gasteiger partial charge in [-0.3, -0.25) is 4.79 Å². The molecule has 0 aliphatic carbocycles. The van der Waals surface area contributed by atoms with Gasteiger partial charge in [-0.15, -0.1) is 0 Å². The number of hydrogen-bond acceptors (Lipinski definition) is 1. The Morgan fingerprint density at radius 1 is 0.923 bits per heavy atom. The first kappa shape index (κ1) is 22.5. The second-order valence-corrected chi connectivity index (χ2v) is 6.60. The third kappa shape index (κ3) is 8.19. The van der Waals surface area contributed by atoms with Crippen molar-refractivity contribution in [2.45, 2.75) is 77.3 Å². The summed E-state index contributed by atoms with van der Waals surface area (Å²) in [5.41, 5.74) is -1.98. The van der Waals surface area contributed by atoms with Gasteiger partial charge in [0.2, 0.25) is 0 Å². The molecular formula is C20H29F4NO. The van der Waals surface area contributed by atoms with E-state index in [2.05, 4.69) is 12.2 Å². The lowest BCUT2D eigenvalue weighted by molar-refractivity contribution is -0.140. The number of alkyl halides is 3. The quantitative estimate of drug-likeness (QED) is 0.328. The number of halogens is 4. The highest BCUT2D eigenvalue weighted by molar-refractivity contribution is 5.94. The topological polar surface area (TPSA) is 29.1 Å². The van der Waals surface area contributed by atoms with Crippen LogP contribution in [0.5, 0.6) is 0 Å². The monoisotopic (exact) mass is 375 g/mol. The van der Waals surface area contributed by atoms with Gasteiger partial charge < -0.3 is 5.32 Å². The zero-order valence-electron chi connectivity index (χ0n) is 15.4. The highest BCUT2D eigenvalue weighted by Crippen LogP contribution is 2.32. The second kappa shape index (κ2) is 11.9. The van der Waals surface area contributed by atoms with E-state index in [-0.39, 0.29) is 0 Å². The average molecular weight is 375 g/mol. The molecule has 26 heavy (non-hydrogen) atoms. The molecule has 1 amide bonds. The summed E-state index contributed by atoms with van der Waals surface area (Å²) in [6.07, 6.45) is 6.70. The van der Waals surface area contributed by atoms with Gasteiger partial charge in [0.1, 0.15) is 5.82 Å². The van der Waals surface area contributed by atoms with Gasteiger partial charge in [0.05, 0.1) is 11.1 Å². The lowest BCUT2D eigenvalue weighted by atomic mass is 10.1. The molecule has 0 aliphatic heterocycles. The molecule has 0 aliphatic rings. The Bertz CT molecular complexity index is 543. The Hall–Kier alpha value is -1.59. The maximum atomic E-state index is 13.9. The molecule has 1 aromatic rings. The summed E-state index contributed by atoms with van der Waals surface area (Å²) in [5.74, 6) is -2.31. The SMILES string of the molecule is CCCCCCCCCCCCNC(=O)c1cccc(C(F)(F)F)c1F. The molecule has 1 aromatic carbocycles. The third-order valence-electron chi connectivity index (χ3n) is 4.36. The molecule has 0 radical (unpaired) electrons. The van der Waals surface area contributed by atoms with Crippen LogP contribution in [0.3, 0.4) is 0 Å². The number of hydrogen-bond donors (Lipinski definition) is 1. The summed E-state index contributed by atoms with van der Waals surface area (Å²) >= 11 is 0. The van der Waals surface area contributed by atoms with Crippen molar-refractivity contribution in [3.05, 3.63) is 35.1 Å². The smallest absolute Gasteiger partial charge is 0.352 e. The molecule has 6 heteroatoms. The summed E-state index contributed by atoms with van der Waals surface area (Å²) in [4.78, 5) is 11.9. The van der Waals surface area contributed by atoms with Crippen molar-refractivity contribution < 1.29 is 22.4 Å². The molecule has 2 nitrogen and oxygen atoms in total. The van der Waals surface area contributed by atoms with Gasteiger partial charge in [-0.1, -0.05) is 70.8 Å². The molecular weight excluding hydrogens is 346 g/mol. The molecule has 1 rings (SSSR count). The predicted octanol–water partition coefficient (Wildman–Crippen LogP) is 6.50. The van der Waals surface area contributed by atoms with Crippen molar-refractivity contribution in [2.24, 2.45) is 0 Å². The highest BCUT2D eigenvalue weighted by atomic mass is 19.4. The summed E-state index contributed by atoms with van der Waals surface area (Å²) in [6, 6.07) is 2.74. The Balaban J connectivity index is 2.22. The van der Waals surface area contributed by atoms with E-state index < -0.39 is 29.0 Å². The van der Waals surface area contributed by atoms with Crippen LogP contribution in [-0.4, -0.2) is 12.5 Å². The minimum Gasteiger partial charge on any atom is -0.352 e. The van der Waals surface area contributed by atoms with Gasteiger partial charge in [-0.25, -0.2) is 4.39 Å². The van der Waals surface area contributed by atoms with Crippen molar-refractivity contribution in [3.63, 3.8) is 0 Å². The fraction of sp³-hybridized carbons (Fsp3) is 0.650. The van der Waals surface area contributed by atoms with Crippen molar-refractivity contribution in [2.75, 3.05) is 6.54 Å². The van der Waals surface area contributed by atoms with Crippen LogP contribution in [0.2, 0.25) is 0 Å². The van der Waals surface area contributed by atoms with Crippen LogP contribution >= 0.6 is 0 Å². The molecule has 0 bridgehead atoms. The zero-order valence-corrected chi connectivity index (χ0v) is 15.4. The fourth-order valence-corrected chi connectivity index (χ4v) is 2.84. The van der Waals surface area contributed by atoms with E-state index in [1.54, 1.807) is 0 Å². The van der Waals surface area contributed by atoms with Crippen LogP contribution in [0.4, 0.5) is 17.6 Å². The van der Waals surface area contributed by atoms with Crippen LogP contribution in [-0.2, 0) is 6.18 Å². The van der Waals surface area contributed by atoms with Crippen molar-refractivity contribution >= 4 is 5.91 Å². The lowest BCUT2D eigenvalue weighted by Crippen LogP contribution is -2.26. The Kier molecular flexibility index (Phi) is 10.3. The first-order valence-corrected chi connectivity index (χ1v) is 9.51. The van der Waals surface area contributed by atoms with Gasteiger partial charge in [-0.2, -0.15) is 13.2 Å². The number of rotatable bonds is 12. The van der Waals surface area contributed by atoms with E-state index in [4.69, 9.17) is 0 Å². The zero-order chi connectivity index (χ0) is 19.4. The molecule has 148 valence electrons. The molecule has 0 saturated heterocycles. The molecule has 0 heterocycles. The van der Waals surface area contributed by atoms with Gasteiger partial charge in [-0.05, 0) is 18.6 Å². The number of benzene rings is 1. The summed E-state index contributed by atoms with van der Waals surface area (Å²) < 4.78 is 51.8. The third-order valence-corrected chi connectivity index (χ3v) is 4.36. The summed E-state index contributed by atoms with van der Waals surface area (Å²) in [5, 5.41) is 2.50. The highest BCUT2D eigenvalue weighted by Gasteiger charge is 2.35. The molecule has 0 spiro atoms. The normalized spacial score (nSPS) is 11.6. The maximum absolute atomic E-state index is 13.9. The molecule has 0 aromatic heterocycles. The lowest BCUT2D eigenvalue weighted by Gasteiger charge is -2.11. The van der Waals surface area contributed by atoms with Gasteiger partial charge in [0.25, 0.3) is 5.91 Å². The number of carbonyl (C=O) groups is 1. The van der Waals surface area contributed by atoms with E-state index in [1.165, 1.54) is 38.5 Å². The van der Waals surface area contributed by atoms with E-state index in [1.807, 2.05) is 0 Å². The summed E-state index contributed by atoms with van der Waals surface area (Å²) in [6.45, 7) is 2.53. The number of nitrogens with one attached hydrogen (secondary N) is 1. The molecule has 0 atom stereocenters.